The van der Waals surface area contributed by atoms with Crippen molar-refractivity contribution in [3.8, 4) is 23.0 Å². The topological polar surface area (TPSA) is 66.0 Å². The van der Waals surface area contributed by atoms with E-state index in [1.54, 1.807) is 37.4 Å². The predicted molar refractivity (Wildman–Crippen MR) is 94.6 cm³/mol. The van der Waals surface area contributed by atoms with E-state index < -0.39 is 0 Å². The van der Waals surface area contributed by atoms with Crippen molar-refractivity contribution >= 4 is 23.2 Å². The third-order valence-electron chi connectivity index (χ3n) is 3.71. The summed E-state index contributed by atoms with van der Waals surface area (Å²) in [6, 6.07) is 8.31. The first-order valence-electron chi connectivity index (χ1n) is 7.75. The number of carbonyl (C=O) groups excluding carboxylic acids is 1. The van der Waals surface area contributed by atoms with Gasteiger partial charge in [-0.15, -0.1) is 0 Å². The lowest BCUT2D eigenvalue weighted by molar-refractivity contribution is 0.102. The first kappa shape index (κ1) is 17.2. The van der Waals surface area contributed by atoms with Crippen LogP contribution in [0.2, 0.25) is 5.02 Å². The molecule has 25 heavy (non-hydrogen) atoms. The van der Waals surface area contributed by atoms with Gasteiger partial charge in [-0.3, -0.25) is 4.79 Å². The average molecular weight is 364 g/mol. The first-order chi connectivity index (χ1) is 12.1. The highest BCUT2D eigenvalue weighted by atomic mass is 35.5. The van der Waals surface area contributed by atoms with Gasteiger partial charge in [0.05, 0.1) is 32.5 Å². The Labute approximate surface area is 150 Å². The van der Waals surface area contributed by atoms with Crippen LogP contribution in [0.15, 0.2) is 30.3 Å². The van der Waals surface area contributed by atoms with Crippen LogP contribution in [0.5, 0.6) is 23.0 Å². The number of fused-ring (bicyclic) bond motifs is 1. The number of hydrogen-bond acceptors (Lipinski definition) is 5. The summed E-state index contributed by atoms with van der Waals surface area (Å²) in [7, 11) is 3.09. The van der Waals surface area contributed by atoms with Gasteiger partial charge >= 0.3 is 0 Å². The number of hydrogen-bond donors (Lipinski definition) is 1. The summed E-state index contributed by atoms with van der Waals surface area (Å²) in [4.78, 5) is 12.6. The minimum Gasteiger partial charge on any atom is -0.493 e. The van der Waals surface area contributed by atoms with E-state index in [4.69, 9.17) is 30.5 Å². The van der Waals surface area contributed by atoms with Crippen LogP contribution in [0.4, 0.5) is 5.69 Å². The van der Waals surface area contributed by atoms with E-state index in [0.717, 1.165) is 6.42 Å². The normalized spacial score (nSPS) is 12.9. The van der Waals surface area contributed by atoms with Gasteiger partial charge in [0, 0.05) is 23.7 Å². The van der Waals surface area contributed by atoms with Crippen molar-refractivity contribution in [2.24, 2.45) is 0 Å². The van der Waals surface area contributed by atoms with Gasteiger partial charge in [0.2, 0.25) is 0 Å². The second-order valence-corrected chi connectivity index (χ2v) is 5.77. The number of anilines is 1. The summed E-state index contributed by atoms with van der Waals surface area (Å²) in [5.74, 6) is 1.74. The van der Waals surface area contributed by atoms with Gasteiger partial charge in [-0.25, -0.2) is 0 Å². The van der Waals surface area contributed by atoms with Crippen LogP contribution in [0.25, 0.3) is 0 Å². The minimum absolute atomic E-state index is 0.315. The zero-order valence-electron chi connectivity index (χ0n) is 13.9. The zero-order valence-corrected chi connectivity index (χ0v) is 14.7. The zero-order chi connectivity index (χ0) is 17.8. The predicted octanol–water partition coefficient (Wildman–Crippen LogP) is 3.77. The highest BCUT2D eigenvalue weighted by molar-refractivity contribution is 6.32. The molecule has 3 rings (SSSR count). The lowest BCUT2D eigenvalue weighted by Crippen LogP contribution is -2.12. The SMILES string of the molecule is COc1ccc(NC(=O)c2cc(Cl)c3c(c2)OCCCO3)cc1OC. The molecule has 0 aliphatic carbocycles. The van der Waals surface area contributed by atoms with Gasteiger partial charge < -0.3 is 24.3 Å². The number of halogens is 1. The van der Waals surface area contributed by atoms with E-state index in [0.29, 0.717) is 52.5 Å². The molecule has 1 N–H and O–H groups in total. The Morgan fingerprint density at radius 3 is 2.60 bits per heavy atom. The standard InChI is InChI=1S/C18H18ClNO5/c1-22-14-5-4-12(10-15(14)23-2)20-18(21)11-8-13(19)17-16(9-11)24-6-3-7-25-17/h4-5,8-10H,3,6-7H2,1-2H3,(H,20,21). The Balaban J connectivity index is 1.84. The van der Waals surface area contributed by atoms with Crippen molar-refractivity contribution in [3.63, 3.8) is 0 Å². The summed E-state index contributed by atoms with van der Waals surface area (Å²) in [6.45, 7) is 1.05. The number of nitrogens with one attached hydrogen (secondary N) is 1. The third kappa shape index (κ3) is 3.74. The highest BCUT2D eigenvalue weighted by Crippen LogP contribution is 2.38. The Kier molecular flexibility index (Phi) is 5.19. The molecule has 0 spiro atoms. The van der Waals surface area contributed by atoms with Crippen molar-refractivity contribution in [3.05, 3.63) is 40.9 Å². The molecule has 0 radical (unpaired) electrons. The Morgan fingerprint density at radius 1 is 1.08 bits per heavy atom. The smallest absolute Gasteiger partial charge is 0.255 e. The average Bonchev–Trinajstić information content (AvgIpc) is 2.87. The molecule has 6 nitrogen and oxygen atoms in total. The molecule has 1 aliphatic heterocycles. The fourth-order valence-electron chi connectivity index (χ4n) is 2.48. The molecule has 0 fully saturated rings. The van der Waals surface area contributed by atoms with Crippen molar-refractivity contribution in [1.82, 2.24) is 0 Å². The second-order valence-electron chi connectivity index (χ2n) is 5.36. The number of rotatable bonds is 4. The Bertz CT molecular complexity index is 793. The van der Waals surface area contributed by atoms with Crippen LogP contribution in [0, 0.1) is 0 Å². The highest BCUT2D eigenvalue weighted by Gasteiger charge is 2.19. The number of carbonyl (C=O) groups is 1. The molecule has 0 saturated carbocycles. The van der Waals surface area contributed by atoms with Gasteiger partial charge in [0.1, 0.15) is 0 Å². The number of benzene rings is 2. The van der Waals surface area contributed by atoms with Gasteiger partial charge in [-0.2, -0.15) is 0 Å². The van der Waals surface area contributed by atoms with Gasteiger partial charge in [-0.05, 0) is 24.3 Å². The first-order valence-corrected chi connectivity index (χ1v) is 8.12. The second kappa shape index (κ2) is 7.53. The molecule has 0 aromatic heterocycles. The Morgan fingerprint density at radius 2 is 1.84 bits per heavy atom. The fourth-order valence-corrected chi connectivity index (χ4v) is 2.74. The summed E-state index contributed by atoms with van der Waals surface area (Å²) in [6.07, 6.45) is 0.762. The Hall–Kier alpha value is -2.60. The summed E-state index contributed by atoms with van der Waals surface area (Å²) in [5, 5.41) is 3.15. The maximum Gasteiger partial charge on any atom is 0.255 e. The van der Waals surface area contributed by atoms with E-state index in [9.17, 15) is 4.79 Å². The number of ether oxygens (including phenoxy) is 4. The third-order valence-corrected chi connectivity index (χ3v) is 3.99. The van der Waals surface area contributed by atoms with Crippen LogP contribution < -0.4 is 24.3 Å². The van der Waals surface area contributed by atoms with Crippen molar-refractivity contribution in [2.75, 3.05) is 32.8 Å². The molecule has 2 aromatic rings. The molecule has 132 valence electrons. The molecule has 0 atom stereocenters. The van der Waals surface area contributed by atoms with Crippen molar-refractivity contribution in [2.45, 2.75) is 6.42 Å². The van der Waals surface area contributed by atoms with Gasteiger partial charge in [-0.1, -0.05) is 11.6 Å². The molecule has 0 unspecified atom stereocenters. The molecule has 1 amide bonds. The minimum atomic E-state index is -0.315. The van der Waals surface area contributed by atoms with Gasteiger partial charge in [0.15, 0.2) is 23.0 Å². The van der Waals surface area contributed by atoms with E-state index in [1.165, 1.54) is 7.11 Å². The molecule has 2 aromatic carbocycles. The summed E-state index contributed by atoms with van der Waals surface area (Å²) >= 11 is 6.23. The monoisotopic (exact) mass is 363 g/mol. The molecule has 7 heteroatoms. The van der Waals surface area contributed by atoms with E-state index in [2.05, 4.69) is 5.32 Å². The molecule has 0 saturated heterocycles. The van der Waals surface area contributed by atoms with Crippen LogP contribution in [0.3, 0.4) is 0 Å². The van der Waals surface area contributed by atoms with Crippen molar-refractivity contribution in [1.29, 1.82) is 0 Å². The molecule has 1 aliphatic rings. The summed E-state index contributed by atoms with van der Waals surface area (Å²) < 4.78 is 21.6. The van der Waals surface area contributed by atoms with Crippen molar-refractivity contribution < 1.29 is 23.7 Å². The maximum atomic E-state index is 12.6. The molecular weight excluding hydrogens is 346 g/mol. The molecular formula is C18H18ClNO5. The number of methoxy groups -OCH3 is 2. The lowest BCUT2D eigenvalue weighted by atomic mass is 10.1. The lowest BCUT2D eigenvalue weighted by Gasteiger charge is -2.13. The van der Waals surface area contributed by atoms with Crippen LogP contribution in [-0.2, 0) is 0 Å². The maximum absolute atomic E-state index is 12.6. The largest absolute Gasteiger partial charge is 0.493 e. The number of amides is 1. The summed E-state index contributed by atoms with van der Waals surface area (Å²) in [5.41, 5.74) is 0.954. The molecule has 0 bridgehead atoms. The fraction of sp³-hybridized carbons (Fsp3) is 0.278. The van der Waals surface area contributed by atoms with E-state index in [-0.39, 0.29) is 5.91 Å². The van der Waals surface area contributed by atoms with Crippen LogP contribution in [0.1, 0.15) is 16.8 Å². The quantitative estimate of drug-likeness (QED) is 0.895. The van der Waals surface area contributed by atoms with Gasteiger partial charge in [0.25, 0.3) is 5.91 Å². The van der Waals surface area contributed by atoms with Crippen LogP contribution >= 0.6 is 11.6 Å². The molecule has 1 heterocycles. The van der Waals surface area contributed by atoms with E-state index >= 15 is 0 Å². The van der Waals surface area contributed by atoms with Crippen LogP contribution in [-0.4, -0.2) is 33.3 Å². The van der Waals surface area contributed by atoms with E-state index in [1.807, 2.05) is 0 Å².